The van der Waals surface area contributed by atoms with Crippen LogP contribution in [-0.4, -0.2) is 26.6 Å². The number of halogens is 1. The summed E-state index contributed by atoms with van der Waals surface area (Å²) < 4.78 is 22.2. The first-order valence-electron chi connectivity index (χ1n) is 9.71. The van der Waals surface area contributed by atoms with Gasteiger partial charge in [-0.1, -0.05) is 23.7 Å². The van der Waals surface area contributed by atoms with Crippen molar-refractivity contribution in [2.24, 2.45) is 0 Å². The van der Waals surface area contributed by atoms with Crippen molar-refractivity contribution >= 4 is 28.4 Å². The molecule has 0 unspecified atom stereocenters. The molecule has 32 heavy (non-hydrogen) atoms. The summed E-state index contributed by atoms with van der Waals surface area (Å²) in [7, 11) is 3.00. The summed E-state index contributed by atoms with van der Waals surface area (Å²) in [6.45, 7) is -0.362. The quantitative estimate of drug-likeness (QED) is 0.351. The van der Waals surface area contributed by atoms with E-state index in [0.717, 1.165) is 0 Å². The highest BCUT2D eigenvalue weighted by Gasteiger charge is 2.20. The highest BCUT2D eigenvalue weighted by molar-refractivity contribution is 6.30. The number of Topliss-reactive ketones (excluding diaryl/α,β-unsaturated/α-hetero) is 1. The summed E-state index contributed by atoms with van der Waals surface area (Å²) >= 11 is 5.99. The van der Waals surface area contributed by atoms with Gasteiger partial charge in [0.15, 0.2) is 29.6 Å². The van der Waals surface area contributed by atoms with Gasteiger partial charge < -0.3 is 18.6 Å². The molecule has 3 aromatic carbocycles. The molecule has 4 rings (SSSR count). The van der Waals surface area contributed by atoms with Gasteiger partial charge in [-0.2, -0.15) is 0 Å². The van der Waals surface area contributed by atoms with E-state index in [0.29, 0.717) is 38.6 Å². The summed E-state index contributed by atoms with van der Waals surface area (Å²) in [5, 5.41) is 0.904. The van der Waals surface area contributed by atoms with E-state index in [2.05, 4.69) is 0 Å². The van der Waals surface area contributed by atoms with Crippen LogP contribution in [0, 0.1) is 0 Å². The first kappa shape index (κ1) is 21.5. The van der Waals surface area contributed by atoms with Gasteiger partial charge in [-0.05, 0) is 54.6 Å². The van der Waals surface area contributed by atoms with Crippen molar-refractivity contribution in [2.45, 2.75) is 0 Å². The Labute approximate surface area is 188 Å². The Hall–Kier alpha value is -3.77. The fourth-order valence-corrected chi connectivity index (χ4v) is 3.40. The van der Waals surface area contributed by atoms with Crippen LogP contribution in [0.5, 0.6) is 17.2 Å². The average molecular weight is 451 g/mol. The molecule has 4 aromatic rings. The summed E-state index contributed by atoms with van der Waals surface area (Å²) in [4.78, 5) is 25.9. The van der Waals surface area contributed by atoms with Gasteiger partial charge >= 0.3 is 0 Å². The largest absolute Gasteiger partial charge is 0.493 e. The van der Waals surface area contributed by atoms with Gasteiger partial charge in [0, 0.05) is 16.1 Å². The number of para-hydroxylation sites is 1. The number of benzene rings is 3. The van der Waals surface area contributed by atoms with E-state index >= 15 is 0 Å². The molecule has 0 saturated carbocycles. The number of hydrogen-bond acceptors (Lipinski definition) is 6. The molecular weight excluding hydrogens is 432 g/mol. The van der Waals surface area contributed by atoms with Crippen molar-refractivity contribution in [3.8, 4) is 28.6 Å². The lowest BCUT2D eigenvalue weighted by Gasteiger charge is -2.12. The summed E-state index contributed by atoms with van der Waals surface area (Å²) in [5.74, 6) is 0.779. The van der Waals surface area contributed by atoms with Gasteiger partial charge in [0.2, 0.25) is 11.2 Å². The first-order valence-corrected chi connectivity index (χ1v) is 10.1. The number of carbonyl (C=O) groups excluding carboxylic acids is 1. The smallest absolute Gasteiger partial charge is 0.235 e. The van der Waals surface area contributed by atoms with E-state index in [4.69, 9.17) is 30.2 Å². The van der Waals surface area contributed by atoms with E-state index in [1.165, 1.54) is 14.2 Å². The molecule has 0 radical (unpaired) electrons. The van der Waals surface area contributed by atoms with Crippen molar-refractivity contribution in [2.75, 3.05) is 20.8 Å². The lowest BCUT2D eigenvalue weighted by Crippen LogP contribution is -2.17. The Kier molecular flexibility index (Phi) is 6.14. The van der Waals surface area contributed by atoms with E-state index in [1.54, 1.807) is 66.7 Å². The van der Waals surface area contributed by atoms with Crippen molar-refractivity contribution < 1.29 is 23.4 Å². The first-order chi connectivity index (χ1) is 15.5. The third-order valence-corrected chi connectivity index (χ3v) is 5.17. The van der Waals surface area contributed by atoms with Crippen LogP contribution >= 0.6 is 11.6 Å². The average Bonchev–Trinajstić information content (AvgIpc) is 2.83. The van der Waals surface area contributed by atoms with E-state index in [1.807, 2.05) is 0 Å². The zero-order valence-corrected chi connectivity index (χ0v) is 18.1. The molecular formula is C25H19ClO6. The van der Waals surface area contributed by atoms with Crippen LogP contribution in [0.4, 0.5) is 0 Å². The molecule has 0 aliphatic heterocycles. The fourth-order valence-electron chi connectivity index (χ4n) is 3.28. The Bertz CT molecular complexity index is 1340. The summed E-state index contributed by atoms with van der Waals surface area (Å²) in [6.07, 6.45) is 0. The van der Waals surface area contributed by atoms with E-state index in [-0.39, 0.29) is 29.3 Å². The molecule has 0 saturated heterocycles. The highest BCUT2D eigenvalue weighted by atomic mass is 35.5. The minimum absolute atomic E-state index is 0.0418. The maximum absolute atomic E-state index is 13.2. The van der Waals surface area contributed by atoms with Crippen LogP contribution in [0.3, 0.4) is 0 Å². The number of methoxy groups -OCH3 is 2. The SMILES string of the molecule is COc1ccc(C(=O)COc2c(-c3ccc(Cl)cc3)oc3ccccc3c2=O)cc1OC. The maximum atomic E-state index is 13.2. The van der Waals surface area contributed by atoms with Crippen molar-refractivity contribution in [3.05, 3.63) is 87.5 Å². The normalized spacial score (nSPS) is 10.7. The van der Waals surface area contributed by atoms with Gasteiger partial charge in [-0.3, -0.25) is 9.59 Å². The summed E-state index contributed by atoms with van der Waals surface area (Å²) in [6, 6.07) is 18.5. The number of ether oxygens (including phenoxy) is 3. The van der Waals surface area contributed by atoms with Crippen molar-refractivity contribution in [3.63, 3.8) is 0 Å². The van der Waals surface area contributed by atoms with Crippen molar-refractivity contribution in [1.82, 2.24) is 0 Å². The van der Waals surface area contributed by atoms with Crippen LogP contribution in [-0.2, 0) is 0 Å². The number of carbonyl (C=O) groups is 1. The van der Waals surface area contributed by atoms with Gasteiger partial charge in [0.25, 0.3) is 0 Å². The number of ketones is 1. The highest BCUT2D eigenvalue weighted by Crippen LogP contribution is 2.32. The second-order valence-electron chi connectivity index (χ2n) is 6.87. The number of hydrogen-bond donors (Lipinski definition) is 0. The van der Waals surface area contributed by atoms with E-state index in [9.17, 15) is 9.59 Å². The topological polar surface area (TPSA) is 75.0 Å². The third-order valence-electron chi connectivity index (χ3n) is 4.92. The second kappa shape index (κ2) is 9.16. The van der Waals surface area contributed by atoms with Gasteiger partial charge in [0.1, 0.15) is 5.58 Å². The van der Waals surface area contributed by atoms with E-state index < -0.39 is 0 Å². The molecule has 7 heteroatoms. The third kappa shape index (κ3) is 4.18. The van der Waals surface area contributed by atoms with Crippen molar-refractivity contribution in [1.29, 1.82) is 0 Å². The molecule has 0 atom stereocenters. The summed E-state index contributed by atoms with van der Waals surface area (Å²) in [5.41, 5.74) is 1.02. The Balaban J connectivity index is 1.71. The van der Waals surface area contributed by atoms with Crippen LogP contribution in [0.1, 0.15) is 10.4 Å². The molecule has 0 N–H and O–H groups in total. The zero-order chi connectivity index (χ0) is 22.7. The monoisotopic (exact) mass is 450 g/mol. The van der Waals surface area contributed by atoms with Gasteiger partial charge in [-0.25, -0.2) is 0 Å². The second-order valence-corrected chi connectivity index (χ2v) is 7.31. The predicted molar refractivity (Wildman–Crippen MR) is 122 cm³/mol. The van der Waals surface area contributed by atoms with Crippen LogP contribution in [0.25, 0.3) is 22.3 Å². The molecule has 1 aromatic heterocycles. The van der Waals surface area contributed by atoms with Crippen LogP contribution in [0.2, 0.25) is 5.02 Å². The Morgan fingerprint density at radius 1 is 0.938 bits per heavy atom. The predicted octanol–water partition coefficient (Wildman–Crippen LogP) is 5.39. The van der Waals surface area contributed by atoms with Crippen LogP contribution < -0.4 is 19.6 Å². The van der Waals surface area contributed by atoms with Crippen LogP contribution in [0.15, 0.2) is 75.9 Å². The Morgan fingerprint density at radius 2 is 1.66 bits per heavy atom. The minimum Gasteiger partial charge on any atom is -0.493 e. The lowest BCUT2D eigenvalue weighted by molar-refractivity contribution is 0.0920. The standard InChI is InChI=1S/C25H19ClO6/c1-29-21-12-9-16(13-22(21)30-2)19(27)14-31-25-23(28)18-5-3-4-6-20(18)32-24(25)15-7-10-17(26)11-8-15/h3-13H,14H2,1-2H3. The molecule has 1 heterocycles. The molecule has 0 spiro atoms. The number of rotatable bonds is 7. The molecule has 162 valence electrons. The minimum atomic E-state index is -0.364. The molecule has 0 amide bonds. The maximum Gasteiger partial charge on any atom is 0.235 e. The fraction of sp³-hybridized carbons (Fsp3) is 0.120. The molecule has 0 fully saturated rings. The lowest BCUT2D eigenvalue weighted by atomic mass is 10.1. The molecule has 0 aliphatic rings. The van der Waals surface area contributed by atoms with Gasteiger partial charge in [-0.15, -0.1) is 0 Å². The molecule has 0 bridgehead atoms. The number of fused-ring (bicyclic) bond motifs is 1. The molecule has 6 nitrogen and oxygen atoms in total. The molecule has 0 aliphatic carbocycles. The van der Waals surface area contributed by atoms with Gasteiger partial charge in [0.05, 0.1) is 19.6 Å². The zero-order valence-electron chi connectivity index (χ0n) is 17.4. The Morgan fingerprint density at radius 3 is 2.38 bits per heavy atom.